The number of anilines is 1. The molecule has 1 aliphatic heterocycles. The zero-order valence-electron chi connectivity index (χ0n) is 15.6. The summed E-state index contributed by atoms with van der Waals surface area (Å²) in [6, 6.07) is 10.8. The summed E-state index contributed by atoms with van der Waals surface area (Å²) in [6.45, 7) is 5.75. The van der Waals surface area contributed by atoms with E-state index in [1.165, 1.54) is 11.3 Å². The molecule has 1 atom stereocenters. The quantitative estimate of drug-likeness (QED) is 0.579. The zero-order valence-corrected chi connectivity index (χ0v) is 16.4. The lowest BCUT2D eigenvalue weighted by molar-refractivity contribution is 0.415. The molecule has 0 spiro atoms. The Bertz CT molecular complexity index is 702. The number of para-hydroxylation sites is 2. The summed E-state index contributed by atoms with van der Waals surface area (Å²) in [7, 11) is 1.73. The third kappa shape index (κ3) is 4.91. The molecule has 2 aromatic rings. The summed E-state index contributed by atoms with van der Waals surface area (Å²) >= 11 is 1.74. The molecule has 1 fully saturated rings. The average Bonchev–Trinajstić information content (AvgIpc) is 3.34. The SMILES string of the molecule is CCNC(=NCCc1ccsc1)NC1CCN(c2ccccc2OC)C1. The molecule has 0 saturated carbocycles. The van der Waals surface area contributed by atoms with Crippen LogP contribution in [0.3, 0.4) is 0 Å². The normalized spacial score (nSPS) is 17.4. The first kappa shape index (κ1) is 18.6. The summed E-state index contributed by atoms with van der Waals surface area (Å²) in [5.41, 5.74) is 2.52. The molecule has 2 heterocycles. The van der Waals surface area contributed by atoms with E-state index in [4.69, 9.17) is 9.73 Å². The van der Waals surface area contributed by atoms with Crippen molar-refractivity contribution >= 4 is 23.0 Å². The van der Waals surface area contributed by atoms with Crippen molar-refractivity contribution < 1.29 is 4.74 Å². The van der Waals surface area contributed by atoms with E-state index in [9.17, 15) is 0 Å². The fourth-order valence-corrected chi connectivity index (χ4v) is 3.94. The molecule has 1 aromatic heterocycles. The largest absolute Gasteiger partial charge is 0.495 e. The number of nitrogens with one attached hydrogen (secondary N) is 2. The van der Waals surface area contributed by atoms with Gasteiger partial charge in [-0.15, -0.1) is 0 Å². The number of hydrogen-bond acceptors (Lipinski definition) is 4. The first-order valence-corrected chi connectivity index (χ1v) is 10.2. The van der Waals surface area contributed by atoms with E-state index in [0.29, 0.717) is 6.04 Å². The van der Waals surface area contributed by atoms with Crippen molar-refractivity contribution in [2.75, 3.05) is 38.2 Å². The lowest BCUT2D eigenvalue weighted by atomic mass is 10.2. The Balaban J connectivity index is 1.56. The molecule has 0 bridgehead atoms. The number of rotatable bonds is 7. The van der Waals surface area contributed by atoms with Crippen molar-refractivity contribution in [3.63, 3.8) is 0 Å². The lowest BCUT2D eigenvalue weighted by Gasteiger charge is -2.22. The molecule has 2 N–H and O–H groups in total. The van der Waals surface area contributed by atoms with Crippen LogP contribution in [0.2, 0.25) is 0 Å². The van der Waals surface area contributed by atoms with Gasteiger partial charge in [0, 0.05) is 32.2 Å². The van der Waals surface area contributed by atoms with Crippen LogP contribution >= 0.6 is 11.3 Å². The smallest absolute Gasteiger partial charge is 0.191 e. The van der Waals surface area contributed by atoms with Crippen LogP contribution in [0, 0.1) is 0 Å². The highest BCUT2D eigenvalue weighted by atomic mass is 32.1. The first-order valence-electron chi connectivity index (χ1n) is 9.24. The second kappa shape index (κ2) is 9.48. The maximum absolute atomic E-state index is 5.50. The predicted octanol–water partition coefficient (Wildman–Crippen LogP) is 3.13. The Morgan fingerprint density at radius 1 is 1.35 bits per heavy atom. The van der Waals surface area contributed by atoms with E-state index in [0.717, 1.165) is 50.7 Å². The second-order valence-electron chi connectivity index (χ2n) is 6.39. The van der Waals surface area contributed by atoms with Crippen molar-refractivity contribution in [1.82, 2.24) is 10.6 Å². The standard InChI is InChI=1S/C20H28N4OS/c1-3-21-20(22-11-8-16-10-13-26-15-16)23-17-9-12-24(14-17)18-6-4-5-7-19(18)25-2/h4-7,10,13,15,17H,3,8-9,11-12,14H2,1-2H3,(H2,21,22,23). The first-order chi connectivity index (χ1) is 12.8. The van der Waals surface area contributed by atoms with Gasteiger partial charge in [0.25, 0.3) is 0 Å². The molecular formula is C20H28N4OS. The van der Waals surface area contributed by atoms with E-state index in [1.807, 2.05) is 12.1 Å². The minimum atomic E-state index is 0.388. The third-order valence-corrected chi connectivity index (χ3v) is 5.28. The number of guanidine groups is 1. The second-order valence-corrected chi connectivity index (χ2v) is 7.17. The van der Waals surface area contributed by atoms with Crippen molar-refractivity contribution in [3.05, 3.63) is 46.7 Å². The van der Waals surface area contributed by atoms with Crippen molar-refractivity contribution in [2.24, 2.45) is 4.99 Å². The summed E-state index contributed by atoms with van der Waals surface area (Å²) in [5, 5.41) is 11.3. The Morgan fingerprint density at radius 2 is 2.23 bits per heavy atom. The minimum absolute atomic E-state index is 0.388. The van der Waals surface area contributed by atoms with Gasteiger partial charge in [-0.3, -0.25) is 4.99 Å². The molecule has 26 heavy (non-hydrogen) atoms. The molecule has 1 saturated heterocycles. The number of ether oxygens (including phenoxy) is 1. The summed E-state index contributed by atoms with van der Waals surface area (Å²) < 4.78 is 5.50. The van der Waals surface area contributed by atoms with E-state index < -0.39 is 0 Å². The molecule has 1 aromatic carbocycles. The van der Waals surface area contributed by atoms with Crippen LogP contribution in [0.1, 0.15) is 18.9 Å². The number of hydrogen-bond donors (Lipinski definition) is 2. The van der Waals surface area contributed by atoms with Crippen LogP contribution in [-0.4, -0.2) is 45.3 Å². The number of thiophene rings is 1. The third-order valence-electron chi connectivity index (χ3n) is 4.55. The maximum Gasteiger partial charge on any atom is 0.191 e. The van der Waals surface area contributed by atoms with Crippen LogP contribution in [0.5, 0.6) is 5.75 Å². The van der Waals surface area contributed by atoms with E-state index >= 15 is 0 Å². The zero-order chi connectivity index (χ0) is 18.2. The highest BCUT2D eigenvalue weighted by Gasteiger charge is 2.25. The number of benzene rings is 1. The lowest BCUT2D eigenvalue weighted by Crippen LogP contribution is -2.44. The fourth-order valence-electron chi connectivity index (χ4n) is 3.23. The summed E-state index contributed by atoms with van der Waals surface area (Å²) in [5.74, 6) is 1.85. The van der Waals surface area contributed by atoms with E-state index in [2.05, 4.69) is 51.4 Å². The van der Waals surface area contributed by atoms with E-state index in [-0.39, 0.29) is 0 Å². The minimum Gasteiger partial charge on any atom is -0.495 e. The predicted molar refractivity (Wildman–Crippen MR) is 111 cm³/mol. The van der Waals surface area contributed by atoms with Gasteiger partial charge in [0.15, 0.2) is 5.96 Å². The topological polar surface area (TPSA) is 48.9 Å². The molecule has 140 valence electrons. The van der Waals surface area contributed by atoms with Crippen LogP contribution < -0.4 is 20.3 Å². The molecule has 5 nitrogen and oxygen atoms in total. The Kier molecular flexibility index (Phi) is 6.77. The summed E-state index contributed by atoms with van der Waals surface area (Å²) in [4.78, 5) is 7.12. The van der Waals surface area contributed by atoms with Gasteiger partial charge < -0.3 is 20.3 Å². The molecule has 0 aliphatic carbocycles. The molecule has 3 rings (SSSR count). The highest BCUT2D eigenvalue weighted by Crippen LogP contribution is 2.30. The number of nitrogens with zero attached hydrogens (tertiary/aromatic N) is 2. The molecule has 1 unspecified atom stereocenters. The van der Waals surface area contributed by atoms with Crippen molar-refractivity contribution in [2.45, 2.75) is 25.8 Å². The van der Waals surface area contributed by atoms with Gasteiger partial charge in [0.1, 0.15) is 5.75 Å². The Morgan fingerprint density at radius 3 is 3.00 bits per heavy atom. The Hall–Kier alpha value is -2.21. The number of methoxy groups -OCH3 is 1. The van der Waals surface area contributed by atoms with Crippen LogP contribution in [0.25, 0.3) is 0 Å². The molecular weight excluding hydrogens is 344 g/mol. The van der Waals surface area contributed by atoms with Gasteiger partial charge in [-0.05, 0) is 54.3 Å². The van der Waals surface area contributed by atoms with Gasteiger partial charge in [-0.1, -0.05) is 12.1 Å². The maximum atomic E-state index is 5.50. The van der Waals surface area contributed by atoms with Crippen molar-refractivity contribution in [3.8, 4) is 5.75 Å². The highest BCUT2D eigenvalue weighted by molar-refractivity contribution is 7.07. The molecule has 6 heteroatoms. The average molecular weight is 373 g/mol. The van der Waals surface area contributed by atoms with Gasteiger partial charge in [0.05, 0.1) is 12.8 Å². The Labute approximate surface area is 160 Å². The van der Waals surface area contributed by atoms with Crippen LogP contribution in [0.15, 0.2) is 46.1 Å². The van der Waals surface area contributed by atoms with Crippen molar-refractivity contribution in [1.29, 1.82) is 0 Å². The summed E-state index contributed by atoms with van der Waals surface area (Å²) in [6.07, 6.45) is 2.07. The van der Waals surface area contributed by atoms with Crippen LogP contribution in [-0.2, 0) is 6.42 Å². The fraction of sp³-hybridized carbons (Fsp3) is 0.450. The molecule has 1 aliphatic rings. The van der Waals surface area contributed by atoms with Gasteiger partial charge in [-0.25, -0.2) is 0 Å². The molecule has 0 radical (unpaired) electrons. The van der Waals surface area contributed by atoms with Gasteiger partial charge in [0.2, 0.25) is 0 Å². The van der Waals surface area contributed by atoms with Gasteiger partial charge in [-0.2, -0.15) is 11.3 Å². The van der Waals surface area contributed by atoms with E-state index in [1.54, 1.807) is 18.4 Å². The molecule has 0 amide bonds. The monoisotopic (exact) mass is 372 g/mol. The van der Waals surface area contributed by atoms with Crippen LogP contribution in [0.4, 0.5) is 5.69 Å². The van der Waals surface area contributed by atoms with Gasteiger partial charge >= 0.3 is 0 Å². The number of aliphatic imine (C=N–C) groups is 1.